The van der Waals surface area contributed by atoms with E-state index < -0.39 is 0 Å². The Bertz CT molecular complexity index is 470. The number of aliphatic hydroxyl groups is 1. The summed E-state index contributed by atoms with van der Waals surface area (Å²) in [6.45, 7) is 4.24. The zero-order valence-corrected chi connectivity index (χ0v) is 11.2. The Balaban J connectivity index is 2.24. The summed E-state index contributed by atoms with van der Waals surface area (Å²) < 4.78 is 5.46. The van der Waals surface area contributed by atoms with Crippen molar-refractivity contribution in [1.29, 1.82) is 0 Å². The summed E-state index contributed by atoms with van der Waals surface area (Å²) in [7, 11) is 0. The molecule has 0 aromatic heterocycles. The first-order valence-electron chi connectivity index (χ1n) is 6.51. The maximum atomic E-state index is 12.1. The average Bonchev–Trinajstić information content (AvgIpc) is 2.69. The van der Waals surface area contributed by atoms with Crippen molar-refractivity contribution in [3.63, 3.8) is 0 Å². The van der Waals surface area contributed by atoms with E-state index in [1.165, 1.54) is 6.08 Å². The van der Waals surface area contributed by atoms with E-state index in [1.807, 2.05) is 44.2 Å². The maximum absolute atomic E-state index is 12.1. The van der Waals surface area contributed by atoms with Crippen LogP contribution < -0.4 is 0 Å². The van der Waals surface area contributed by atoms with E-state index in [-0.39, 0.29) is 24.6 Å². The van der Waals surface area contributed by atoms with Gasteiger partial charge < -0.3 is 14.7 Å². The maximum Gasteiger partial charge on any atom is 0.251 e. The zero-order valence-electron chi connectivity index (χ0n) is 11.2. The van der Waals surface area contributed by atoms with E-state index in [0.717, 1.165) is 5.56 Å². The van der Waals surface area contributed by atoms with Gasteiger partial charge in [-0.2, -0.15) is 0 Å². The number of rotatable bonds is 5. The minimum Gasteiger partial charge on any atom is -0.496 e. The van der Waals surface area contributed by atoms with Crippen molar-refractivity contribution >= 4 is 5.91 Å². The van der Waals surface area contributed by atoms with Crippen molar-refractivity contribution in [2.75, 3.05) is 13.2 Å². The third-order valence-electron chi connectivity index (χ3n) is 3.35. The number of amides is 1. The van der Waals surface area contributed by atoms with Gasteiger partial charge in [-0.25, -0.2) is 0 Å². The Labute approximate surface area is 113 Å². The number of carbonyl (C=O) groups is 1. The Morgan fingerprint density at radius 3 is 2.63 bits per heavy atom. The molecule has 1 aromatic carbocycles. The summed E-state index contributed by atoms with van der Waals surface area (Å²) in [5, 5.41) is 9.63. The SMILES string of the molecule is CCOC1=CC(=O)N([C@@H](CO)c2ccccc2)[C@H]1C. The van der Waals surface area contributed by atoms with Crippen LogP contribution in [0, 0.1) is 0 Å². The normalized spacial score (nSPS) is 20.4. The lowest BCUT2D eigenvalue weighted by Crippen LogP contribution is -2.38. The van der Waals surface area contributed by atoms with Gasteiger partial charge in [-0.3, -0.25) is 4.79 Å². The monoisotopic (exact) mass is 261 g/mol. The van der Waals surface area contributed by atoms with Gasteiger partial charge in [-0.1, -0.05) is 30.3 Å². The topological polar surface area (TPSA) is 49.8 Å². The second-order valence-electron chi connectivity index (χ2n) is 4.51. The summed E-state index contributed by atoms with van der Waals surface area (Å²) in [6, 6.07) is 9.07. The molecule has 0 saturated heterocycles. The largest absolute Gasteiger partial charge is 0.496 e. The number of hydrogen-bond donors (Lipinski definition) is 1. The number of nitrogens with zero attached hydrogens (tertiary/aromatic N) is 1. The van der Waals surface area contributed by atoms with Gasteiger partial charge in [0.1, 0.15) is 5.76 Å². The Morgan fingerprint density at radius 1 is 1.37 bits per heavy atom. The molecular weight excluding hydrogens is 242 g/mol. The molecule has 0 bridgehead atoms. The molecule has 0 saturated carbocycles. The molecule has 102 valence electrons. The molecule has 1 heterocycles. The molecule has 4 heteroatoms. The fraction of sp³-hybridized carbons (Fsp3) is 0.400. The molecule has 19 heavy (non-hydrogen) atoms. The van der Waals surface area contributed by atoms with Crippen LogP contribution >= 0.6 is 0 Å². The lowest BCUT2D eigenvalue weighted by Gasteiger charge is -2.31. The number of benzene rings is 1. The van der Waals surface area contributed by atoms with Gasteiger partial charge >= 0.3 is 0 Å². The molecule has 0 fully saturated rings. The van der Waals surface area contributed by atoms with Gasteiger partial charge in [0.05, 0.1) is 25.3 Å². The summed E-state index contributed by atoms with van der Waals surface area (Å²) in [4.78, 5) is 13.8. The van der Waals surface area contributed by atoms with Crippen molar-refractivity contribution in [2.45, 2.75) is 25.9 Å². The molecule has 1 aliphatic rings. The predicted molar refractivity (Wildman–Crippen MR) is 72.3 cm³/mol. The highest BCUT2D eigenvalue weighted by molar-refractivity contribution is 5.91. The highest BCUT2D eigenvalue weighted by Gasteiger charge is 2.36. The molecule has 2 rings (SSSR count). The van der Waals surface area contributed by atoms with Crippen LogP contribution in [0.1, 0.15) is 25.5 Å². The van der Waals surface area contributed by atoms with E-state index in [0.29, 0.717) is 12.4 Å². The molecule has 0 spiro atoms. The first-order chi connectivity index (χ1) is 9.19. The van der Waals surface area contributed by atoms with Crippen LogP contribution in [0.4, 0.5) is 0 Å². The van der Waals surface area contributed by atoms with Crippen molar-refractivity contribution in [3.05, 3.63) is 47.7 Å². The Kier molecular flexibility index (Phi) is 4.22. The summed E-state index contributed by atoms with van der Waals surface area (Å²) in [5.41, 5.74) is 0.927. The predicted octanol–water partition coefficient (Wildman–Crippen LogP) is 1.87. The fourth-order valence-electron chi connectivity index (χ4n) is 2.43. The van der Waals surface area contributed by atoms with Crippen LogP contribution in [0.25, 0.3) is 0 Å². The van der Waals surface area contributed by atoms with Crippen LogP contribution in [-0.2, 0) is 9.53 Å². The van der Waals surface area contributed by atoms with Gasteiger partial charge in [0.2, 0.25) is 0 Å². The number of carbonyl (C=O) groups excluding carboxylic acids is 1. The van der Waals surface area contributed by atoms with E-state index in [2.05, 4.69) is 0 Å². The molecule has 1 amide bonds. The highest BCUT2D eigenvalue weighted by atomic mass is 16.5. The first-order valence-corrected chi connectivity index (χ1v) is 6.51. The molecular formula is C15H19NO3. The second-order valence-corrected chi connectivity index (χ2v) is 4.51. The van der Waals surface area contributed by atoms with E-state index in [1.54, 1.807) is 4.90 Å². The van der Waals surface area contributed by atoms with Crippen LogP contribution in [0.3, 0.4) is 0 Å². The molecule has 1 aromatic rings. The molecule has 1 aliphatic heterocycles. The summed E-state index contributed by atoms with van der Waals surface area (Å²) in [5.74, 6) is 0.556. The Hall–Kier alpha value is -1.81. The average molecular weight is 261 g/mol. The minimum atomic E-state index is -0.335. The van der Waals surface area contributed by atoms with Crippen molar-refractivity contribution in [3.8, 4) is 0 Å². The number of aliphatic hydroxyl groups excluding tert-OH is 1. The molecule has 2 atom stereocenters. The number of ether oxygens (including phenoxy) is 1. The lowest BCUT2D eigenvalue weighted by atomic mass is 10.1. The minimum absolute atomic E-state index is 0.104. The molecule has 0 unspecified atom stereocenters. The van der Waals surface area contributed by atoms with E-state index in [9.17, 15) is 9.90 Å². The smallest absolute Gasteiger partial charge is 0.251 e. The van der Waals surface area contributed by atoms with Crippen LogP contribution in [0.5, 0.6) is 0 Å². The van der Waals surface area contributed by atoms with Crippen molar-refractivity contribution in [1.82, 2.24) is 4.90 Å². The van der Waals surface area contributed by atoms with E-state index >= 15 is 0 Å². The molecule has 4 nitrogen and oxygen atoms in total. The highest BCUT2D eigenvalue weighted by Crippen LogP contribution is 2.30. The van der Waals surface area contributed by atoms with Crippen LogP contribution in [0.2, 0.25) is 0 Å². The fourth-order valence-corrected chi connectivity index (χ4v) is 2.43. The molecule has 0 radical (unpaired) electrons. The van der Waals surface area contributed by atoms with Gasteiger partial charge in [0.15, 0.2) is 0 Å². The van der Waals surface area contributed by atoms with E-state index in [4.69, 9.17) is 4.74 Å². The first kappa shape index (κ1) is 13.6. The van der Waals surface area contributed by atoms with Gasteiger partial charge in [-0.15, -0.1) is 0 Å². The zero-order chi connectivity index (χ0) is 13.8. The summed E-state index contributed by atoms with van der Waals surface area (Å²) in [6.07, 6.45) is 1.51. The third kappa shape index (κ3) is 2.63. The summed E-state index contributed by atoms with van der Waals surface area (Å²) >= 11 is 0. The van der Waals surface area contributed by atoms with Gasteiger partial charge in [-0.05, 0) is 19.4 Å². The van der Waals surface area contributed by atoms with Crippen molar-refractivity contribution < 1.29 is 14.6 Å². The van der Waals surface area contributed by atoms with Crippen LogP contribution in [0.15, 0.2) is 42.2 Å². The lowest BCUT2D eigenvalue weighted by molar-refractivity contribution is -0.129. The number of hydrogen-bond acceptors (Lipinski definition) is 3. The van der Waals surface area contributed by atoms with Crippen LogP contribution in [-0.4, -0.2) is 35.2 Å². The third-order valence-corrected chi connectivity index (χ3v) is 3.35. The Morgan fingerprint density at radius 2 is 2.05 bits per heavy atom. The second kappa shape index (κ2) is 5.89. The van der Waals surface area contributed by atoms with Gasteiger partial charge in [0.25, 0.3) is 5.91 Å². The van der Waals surface area contributed by atoms with Gasteiger partial charge in [0, 0.05) is 6.08 Å². The van der Waals surface area contributed by atoms with Crippen molar-refractivity contribution in [2.24, 2.45) is 0 Å². The molecule has 1 N–H and O–H groups in total. The quantitative estimate of drug-likeness (QED) is 0.880. The standard InChI is InChI=1S/C15H19NO3/c1-3-19-14-9-15(18)16(11(14)2)13(10-17)12-7-5-4-6-8-12/h4-9,11,13,17H,3,10H2,1-2H3/t11-,13-/m0/s1. The molecule has 0 aliphatic carbocycles.